The quantitative estimate of drug-likeness (QED) is 0.773. The van der Waals surface area contributed by atoms with E-state index < -0.39 is 15.9 Å². The van der Waals surface area contributed by atoms with Crippen LogP contribution in [0.4, 0.5) is 0 Å². The van der Waals surface area contributed by atoms with Crippen LogP contribution in [-0.4, -0.2) is 34.1 Å². The number of hydrogen-bond donors (Lipinski definition) is 2. The maximum absolute atomic E-state index is 12.0. The highest BCUT2D eigenvalue weighted by atomic mass is 32.2. The van der Waals surface area contributed by atoms with Crippen molar-refractivity contribution in [3.8, 4) is 0 Å². The third-order valence-electron chi connectivity index (χ3n) is 2.74. The van der Waals surface area contributed by atoms with Crippen LogP contribution in [0.3, 0.4) is 0 Å². The number of sulfonamides is 1. The molecule has 1 unspecified atom stereocenters. The molecular weight excluding hydrogens is 284 g/mol. The van der Waals surface area contributed by atoms with Crippen molar-refractivity contribution in [2.45, 2.75) is 37.6 Å². The number of primary sulfonamides is 1. The molecule has 1 rings (SSSR count). The Labute approximate surface area is 118 Å². The monoisotopic (exact) mass is 304 g/mol. The molecule has 1 aromatic rings. The summed E-state index contributed by atoms with van der Waals surface area (Å²) < 4.78 is 32.7. The number of carbonyl (C=O) groups is 1. The predicted octanol–water partition coefficient (Wildman–Crippen LogP) is 0.780. The second-order valence-corrected chi connectivity index (χ2v) is 6.02. The van der Waals surface area contributed by atoms with E-state index in [-0.39, 0.29) is 22.5 Å². The fourth-order valence-corrected chi connectivity index (χ4v) is 2.58. The van der Waals surface area contributed by atoms with Crippen molar-refractivity contribution in [2.75, 3.05) is 13.7 Å². The first-order valence-corrected chi connectivity index (χ1v) is 7.77. The first-order valence-electron chi connectivity index (χ1n) is 6.22. The van der Waals surface area contributed by atoms with Crippen LogP contribution in [0.15, 0.2) is 15.4 Å². The lowest BCUT2D eigenvalue weighted by Gasteiger charge is -2.16. The number of nitrogens with two attached hydrogens (primary N) is 1. The van der Waals surface area contributed by atoms with Crippen LogP contribution in [0.25, 0.3) is 0 Å². The van der Waals surface area contributed by atoms with Gasteiger partial charge < -0.3 is 14.5 Å². The lowest BCUT2D eigenvalue weighted by atomic mass is 10.2. The summed E-state index contributed by atoms with van der Waals surface area (Å²) in [6.45, 7) is 3.81. The van der Waals surface area contributed by atoms with Crippen LogP contribution in [0.2, 0.25) is 0 Å². The molecule has 8 heteroatoms. The van der Waals surface area contributed by atoms with Crippen molar-refractivity contribution in [1.82, 2.24) is 5.32 Å². The van der Waals surface area contributed by atoms with Gasteiger partial charge in [-0.05, 0) is 13.3 Å². The Morgan fingerprint density at radius 1 is 1.55 bits per heavy atom. The molecule has 1 atom stereocenters. The molecular formula is C12H20N2O5S. The number of carbonyl (C=O) groups excluding carboxylic acids is 1. The summed E-state index contributed by atoms with van der Waals surface area (Å²) in [6.07, 6.45) is 1.63. The fraction of sp³-hybridized carbons (Fsp3) is 0.583. The van der Waals surface area contributed by atoms with E-state index >= 15 is 0 Å². The standard InChI is InChI=1S/C12H20N2O5S/c1-4-5-9(7-18-3)14-12(15)10-6-11(8(2)19-10)20(13,16)17/h6,9H,4-5,7H2,1-3H3,(H,14,15)(H2,13,16,17). The van der Waals surface area contributed by atoms with Gasteiger partial charge in [-0.3, -0.25) is 4.79 Å². The molecule has 0 saturated heterocycles. The molecule has 0 aliphatic heterocycles. The van der Waals surface area contributed by atoms with Gasteiger partial charge in [0.25, 0.3) is 5.91 Å². The van der Waals surface area contributed by atoms with Crippen LogP contribution in [0.5, 0.6) is 0 Å². The predicted molar refractivity (Wildman–Crippen MR) is 72.9 cm³/mol. The van der Waals surface area contributed by atoms with Gasteiger partial charge >= 0.3 is 0 Å². The van der Waals surface area contributed by atoms with Gasteiger partial charge in [0.15, 0.2) is 5.76 Å². The van der Waals surface area contributed by atoms with Crippen LogP contribution in [0.1, 0.15) is 36.1 Å². The molecule has 0 fully saturated rings. The number of furan rings is 1. The average Bonchev–Trinajstić information content (AvgIpc) is 2.72. The number of rotatable bonds is 7. The number of aryl methyl sites for hydroxylation is 1. The summed E-state index contributed by atoms with van der Waals surface area (Å²) in [6, 6.07) is 0.983. The Kier molecular flexibility index (Phi) is 5.73. The highest BCUT2D eigenvalue weighted by molar-refractivity contribution is 7.89. The maximum atomic E-state index is 12.0. The molecule has 1 aromatic heterocycles. The topological polar surface area (TPSA) is 112 Å². The SMILES string of the molecule is CCCC(COC)NC(=O)c1cc(S(N)(=O)=O)c(C)o1. The van der Waals surface area contributed by atoms with E-state index in [2.05, 4.69) is 5.32 Å². The van der Waals surface area contributed by atoms with E-state index in [0.717, 1.165) is 18.9 Å². The zero-order valence-electron chi connectivity index (χ0n) is 11.8. The molecule has 1 amide bonds. The molecule has 0 aliphatic carbocycles. The smallest absolute Gasteiger partial charge is 0.287 e. The Morgan fingerprint density at radius 3 is 2.65 bits per heavy atom. The Balaban J connectivity index is 2.87. The van der Waals surface area contributed by atoms with Crippen LogP contribution in [-0.2, 0) is 14.8 Å². The van der Waals surface area contributed by atoms with E-state index in [9.17, 15) is 13.2 Å². The molecule has 0 saturated carbocycles. The molecule has 3 N–H and O–H groups in total. The van der Waals surface area contributed by atoms with Gasteiger partial charge in [0.05, 0.1) is 12.6 Å². The molecule has 0 radical (unpaired) electrons. The highest BCUT2D eigenvalue weighted by Gasteiger charge is 2.22. The van der Waals surface area contributed by atoms with Gasteiger partial charge in [-0.15, -0.1) is 0 Å². The number of hydrogen-bond acceptors (Lipinski definition) is 5. The Morgan fingerprint density at radius 2 is 2.20 bits per heavy atom. The van der Waals surface area contributed by atoms with Gasteiger partial charge in [-0.25, -0.2) is 13.6 Å². The molecule has 0 bridgehead atoms. The van der Waals surface area contributed by atoms with E-state index in [4.69, 9.17) is 14.3 Å². The van der Waals surface area contributed by atoms with Gasteiger partial charge in [0.2, 0.25) is 10.0 Å². The molecule has 1 heterocycles. The summed E-state index contributed by atoms with van der Waals surface area (Å²) in [4.78, 5) is 11.8. The van der Waals surface area contributed by atoms with Crippen LogP contribution in [0, 0.1) is 6.92 Å². The van der Waals surface area contributed by atoms with Crippen molar-refractivity contribution < 1.29 is 22.4 Å². The minimum absolute atomic E-state index is 0.0799. The number of methoxy groups -OCH3 is 1. The molecule has 0 aromatic carbocycles. The zero-order valence-corrected chi connectivity index (χ0v) is 12.6. The first-order chi connectivity index (χ1) is 9.29. The first kappa shape index (κ1) is 16.7. The van der Waals surface area contributed by atoms with Gasteiger partial charge in [0.1, 0.15) is 10.7 Å². The van der Waals surface area contributed by atoms with Gasteiger partial charge in [-0.2, -0.15) is 0 Å². The third-order valence-corrected chi connectivity index (χ3v) is 3.76. The van der Waals surface area contributed by atoms with Crippen molar-refractivity contribution in [1.29, 1.82) is 0 Å². The fourth-order valence-electron chi connectivity index (χ4n) is 1.86. The van der Waals surface area contributed by atoms with Crippen molar-refractivity contribution in [2.24, 2.45) is 5.14 Å². The average molecular weight is 304 g/mol. The largest absolute Gasteiger partial charge is 0.455 e. The minimum Gasteiger partial charge on any atom is -0.455 e. The lowest BCUT2D eigenvalue weighted by molar-refractivity contribution is 0.0863. The van der Waals surface area contributed by atoms with Crippen LogP contribution >= 0.6 is 0 Å². The molecule has 0 aliphatic rings. The number of nitrogens with one attached hydrogen (secondary N) is 1. The van der Waals surface area contributed by atoms with Crippen LogP contribution < -0.4 is 10.5 Å². The summed E-state index contributed by atoms with van der Waals surface area (Å²) in [5.41, 5.74) is 0. The Bertz CT molecular complexity index is 558. The number of amides is 1. The minimum atomic E-state index is -3.89. The normalized spacial score (nSPS) is 13.2. The zero-order chi connectivity index (χ0) is 15.3. The van der Waals surface area contributed by atoms with E-state index in [1.807, 2.05) is 6.92 Å². The lowest BCUT2D eigenvalue weighted by Crippen LogP contribution is -2.37. The number of ether oxygens (including phenoxy) is 1. The summed E-state index contributed by atoms with van der Waals surface area (Å²) in [5.74, 6) is -0.473. The Hall–Kier alpha value is -1.38. The molecule has 0 spiro atoms. The van der Waals surface area contributed by atoms with E-state index in [1.54, 1.807) is 7.11 Å². The summed E-state index contributed by atoms with van der Waals surface area (Å²) in [7, 11) is -2.35. The van der Waals surface area contributed by atoms with Gasteiger partial charge in [-0.1, -0.05) is 13.3 Å². The van der Waals surface area contributed by atoms with E-state index in [0.29, 0.717) is 6.61 Å². The van der Waals surface area contributed by atoms with E-state index in [1.165, 1.54) is 6.92 Å². The van der Waals surface area contributed by atoms with Crippen molar-refractivity contribution >= 4 is 15.9 Å². The van der Waals surface area contributed by atoms with Crippen molar-refractivity contribution in [3.63, 3.8) is 0 Å². The molecule has 7 nitrogen and oxygen atoms in total. The highest BCUT2D eigenvalue weighted by Crippen LogP contribution is 2.18. The third kappa shape index (κ3) is 4.32. The maximum Gasteiger partial charge on any atom is 0.287 e. The second-order valence-electron chi connectivity index (χ2n) is 4.49. The second kappa shape index (κ2) is 6.87. The molecule has 20 heavy (non-hydrogen) atoms. The van der Waals surface area contributed by atoms with Crippen molar-refractivity contribution in [3.05, 3.63) is 17.6 Å². The summed E-state index contributed by atoms with van der Waals surface area (Å²) >= 11 is 0. The van der Waals surface area contributed by atoms with Gasteiger partial charge in [0, 0.05) is 13.2 Å². The summed E-state index contributed by atoms with van der Waals surface area (Å²) in [5, 5.41) is 7.76. The molecule has 114 valence electrons.